The molecule has 0 saturated heterocycles. The first-order valence-electron chi connectivity index (χ1n) is 3.47. The van der Waals surface area contributed by atoms with Crippen molar-refractivity contribution in [2.24, 2.45) is 0 Å². The standard InChI is InChI=1S/C4H9NO2.C3H7NO/c1-3(5-2)4(6)7;1-4(2)3-5/h3,5H,1-2H3,(H,6,7);3H,1-2H3. The summed E-state index contributed by atoms with van der Waals surface area (Å²) in [6.45, 7) is 1.59. The molecule has 1 unspecified atom stereocenters. The molecule has 0 bridgehead atoms. The van der Waals surface area contributed by atoms with Crippen molar-refractivity contribution in [3.63, 3.8) is 0 Å². The normalized spacial score (nSPS) is 10.7. The molecule has 0 aromatic rings. The Morgan fingerprint density at radius 2 is 1.92 bits per heavy atom. The zero-order chi connectivity index (χ0) is 10.1. The summed E-state index contributed by atoms with van der Waals surface area (Å²) < 4.78 is 0. The molecule has 2 N–H and O–H groups in total. The predicted molar refractivity (Wildman–Crippen MR) is 45.9 cm³/mol. The van der Waals surface area contributed by atoms with Crippen LogP contribution in [0.25, 0.3) is 0 Å². The monoisotopic (exact) mass is 176 g/mol. The number of carbonyl (C=O) groups excluding carboxylic acids is 1. The van der Waals surface area contributed by atoms with Gasteiger partial charge in [-0.25, -0.2) is 0 Å². The smallest absolute Gasteiger partial charge is 0.320 e. The van der Waals surface area contributed by atoms with Crippen molar-refractivity contribution < 1.29 is 14.7 Å². The van der Waals surface area contributed by atoms with Crippen LogP contribution in [-0.4, -0.2) is 49.6 Å². The van der Waals surface area contributed by atoms with Crippen LogP contribution < -0.4 is 5.32 Å². The van der Waals surface area contributed by atoms with Crippen LogP contribution >= 0.6 is 0 Å². The molecule has 0 saturated carbocycles. The molecule has 0 spiro atoms. The van der Waals surface area contributed by atoms with Gasteiger partial charge in [0.1, 0.15) is 6.04 Å². The largest absolute Gasteiger partial charge is 0.480 e. The molecule has 0 aliphatic carbocycles. The van der Waals surface area contributed by atoms with E-state index in [4.69, 9.17) is 5.11 Å². The Kier molecular flexibility index (Phi) is 8.99. The predicted octanol–water partition coefficient (Wildman–Crippen LogP) is -0.617. The second-order valence-electron chi connectivity index (χ2n) is 2.42. The number of aliphatic carboxylic acids is 1. The molecule has 1 amide bonds. The molecular weight excluding hydrogens is 160 g/mol. The van der Waals surface area contributed by atoms with Gasteiger partial charge < -0.3 is 15.3 Å². The highest BCUT2D eigenvalue weighted by Crippen LogP contribution is 1.74. The molecule has 0 heterocycles. The van der Waals surface area contributed by atoms with Gasteiger partial charge in [0.05, 0.1) is 0 Å². The number of nitrogens with one attached hydrogen (secondary N) is 1. The fourth-order valence-electron chi connectivity index (χ4n) is 0.123. The second-order valence-corrected chi connectivity index (χ2v) is 2.42. The van der Waals surface area contributed by atoms with E-state index in [0.717, 1.165) is 6.41 Å². The molecule has 0 radical (unpaired) electrons. The molecule has 0 aliphatic rings. The Balaban J connectivity index is 0. The minimum Gasteiger partial charge on any atom is -0.480 e. The van der Waals surface area contributed by atoms with Crippen LogP contribution in [-0.2, 0) is 9.59 Å². The van der Waals surface area contributed by atoms with E-state index in [1.807, 2.05) is 0 Å². The summed E-state index contributed by atoms with van der Waals surface area (Å²) in [5.41, 5.74) is 0. The van der Waals surface area contributed by atoms with Crippen molar-refractivity contribution in [1.29, 1.82) is 0 Å². The summed E-state index contributed by atoms with van der Waals surface area (Å²) in [6.07, 6.45) is 0.750. The average Bonchev–Trinajstić information content (AvgIpc) is 2.04. The van der Waals surface area contributed by atoms with Crippen molar-refractivity contribution in [2.75, 3.05) is 21.1 Å². The summed E-state index contributed by atoms with van der Waals surface area (Å²) in [5, 5.41) is 10.7. The fourth-order valence-corrected chi connectivity index (χ4v) is 0.123. The third-order valence-electron chi connectivity index (χ3n) is 1.01. The number of carbonyl (C=O) groups is 2. The lowest BCUT2D eigenvalue weighted by atomic mass is 10.4. The van der Waals surface area contributed by atoms with Crippen LogP contribution in [0, 0.1) is 0 Å². The summed E-state index contributed by atoms with van der Waals surface area (Å²) in [4.78, 5) is 20.7. The molecule has 0 aromatic carbocycles. The van der Waals surface area contributed by atoms with Crippen LogP contribution in [0.2, 0.25) is 0 Å². The highest BCUT2D eigenvalue weighted by Gasteiger charge is 2.04. The van der Waals surface area contributed by atoms with E-state index in [0.29, 0.717) is 0 Å². The molecule has 0 aromatic heterocycles. The first kappa shape index (κ1) is 13.5. The van der Waals surface area contributed by atoms with Gasteiger partial charge in [0.15, 0.2) is 0 Å². The van der Waals surface area contributed by atoms with Crippen LogP contribution in [0.15, 0.2) is 0 Å². The third kappa shape index (κ3) is 11.7. The minimum atomic E-state index is -0.817. The van der Waals surface area contributed by atoms with Gasteiger partial charge in [-0.3, -0.25) is 9.59 Å². The highest BCUT2D eigenvalue weighted by molar-refractivity contribution is 5.72. The molecular formula is C7H16N2O3. The van der Waals surface area contributed by atoms with Gasteiger partial charge in [-0.1, -0.05) is 0 Å². The Labute approximate surface area is 72.4 Å². The van der Waals surface area contributed by atoms with E-state index < -0.39 is 12.0 Å². The number of rotatable bonds is 3. The van der Waals surface area contributed by atoms with Crippen LogP contribution in [0.1, 0.15) is 6.92 Å². The van der Waals surface area contributed by atoms with E-state index in [-0.39, 0.29) is 0 Å². The first-order chi connectivity index (χ1) is 5.45. The van der Waals surface area contributed by atoms with Gasteiger partial charge in [-0.05, 0) is 14.0 Å². The quantitative estimate of drug-likeness (QED) is 0.562. The molecule has 12 heavy (non-hydrogen) atoms. The molecule has 0 rings (SSSR count). The van der Waals surface area contributed by atoms with Crippen molar-refractivity contribution in [2.45, 2.75) is 13.0 Å². The average molecular weight is 176 g/mol. The summed E-state index contributed by atoms with van der Waals surface area (Å²) >= 11 is 0. The lowest BCUT2D eigenvalue weighted by Crippen LogP contribution is -2.29. The van der Waals surface area contributed by atoms with Gasteiger partial charge in [-0.15, -0.1) is 0 Å². The van der Waals surface area contributed by atoms with Gasteiger partial charge >= 0.3 is 5.97 Å². The lowest BCUT2D eigenvalue weighted by molar-refractivity contribution is -0.138. The van der Waals surface area contributed by atoms with E-state index in [9.17, 15) is 9.59 Å². The summed E-state index contributed by atoms with van der Waals surface area (Å²) in [6, 6.07) is -0.431. The van der Waals surface area contributed by atoms with Crippen molar-refractivity contribution in [3.05, 3.63) is 0 Å². The van der Waals surface area contributed by atoms with Crippen molar-refractivity contribution >= 4 is 12.4 Å². The maximum atomic E-state index is 9.87. The van der Waals surface area contributed by atoms with Crippen LogP contribution in [0.4, 0.5) is 0 Å². The zero-order valence-corrected chi connectivity index (χ0v) is 7.87. The minimum absolute atomic E-state index is 0.431. The first-order valence-corrected chi connectivity index (χ1v) is 3.47. The molecule has 5 nitrogen and oxygen atoms in total. The highest BCUT2D eigenvalue weighted by atomic mass is 16.4. The number of amides is 1. The number of hydrogen-bond donors (Lipinski definition) is 2. The van der Waals surface area contributed by atoms with E-state index in [2.05, 4.69) is 5.32 Å². The Hall–Kier alpha value is -1.10. The fraction of sp³-hybridized carbons (Fsp3) is 0.714. The number of carboxylic acid groups (broad SMARTS) is 1. The molecule has 1 atom stereocenters. The number of carboxylic acids is 1. The summed E-state index contributed by atoms with van der Waals surface area (Å²) in [7, 11) is 4.98. The van der Waals surface area contributed by atoms with Gasteiger partial charge in [0.2, 0.25) is 6.41 Å². The zero-order valence-electron chi connectivity index (χ0n) is 7.87. The maximum absolute atomic E-state index is 9.87. The molecule has 5 heteroatoms. The molecule has 0 aliphatic heterocycles. The van der Waals surface area contributed by atoms with Crippen molar-refractivity contribution in [1.82, 2.24) is 10.2 Å². The Bertz CT molecular complexity index is 137. The van der Waals surface area contributed by atoms with Crippen LogP contribution in [0.5, 0.6) is 0 Å². The number of likely N-dealkylation sites (N-methyl/N-ethyl adjacent to an activating group) is 1. The van der Waals surface area contributed by atoms with E-state index in [1.165, 1.54) is 4.90 Å². The molecule has 72 valence electrons. The van der Waals surface area contributed by atoms with Crippen molar-refractivity contribution in [3.8, 4) is 0 Å². The Morgan fingerprint density at radius 1 is 1.58 bits per heavy atom. The van der Waals surface area contributed by atoms with Crippen LogP contribution in [0.3, 0.4) is 0 Å². The molecule has 0 fully saturated rings. The van der Waals surface area contributed by atoms with Gasteiger partial charge in [0.25, 0.3) is 0 Å². The van der Waals surface area contributed by atoms with E-state index in [1.54, 1.807) is 28.1 Å². The van der Waals surface area contributed by atoms with Gasteiger partial charge in [0, 0.05) is 14.1 Å². The summed E-state index contributed by atoms with van der Waals surface area (Å²) in [5.74, 6) is -0.817. The maximum Gasteiger partial charge on any atom is 0.320 e. The number of hydrogen-bond acceptors (Lipinski definition) is 3. The SMILES string of the molecule is CN(C)C=O.CNC(C)C(=O)O. The second kappa shape index (κ2) is 8.00. The van der Waals surface area contributed by atoms with Gasteiger partial charge in [-0.2, -0.15) is 0 Å². The third-order valence-corrected chi connectivity index (χ3v) is 1.01. The Morgan fingerprint density at radius 3 is 1.92 bits per heavy atom. The topological polar surface area (TPSA) is 69.6 Å². The van der Waals surface area contributed by atoms with E-state index >= 15 is 0 Å². The number of nitrogens with zero attached hydrogens (tertiary/aromatic N) is 1. The lowest BCUT2D eigenvalue weighted by Gasteiger charge is -1.99.